The first kappa shape index (κ1) is 16.1. The predicted molar refractivity (Wildman–Crippen MR) is 75.2 cm³/mol. The van der Waals surface area contributed by atoms with Crippen molar-refractivity contribution < 1.29 is 17.9 Å². The summed E-state index contributed by atoms with van der Waals surface area (Å²) in [4.78, 5) is 19.1. The van der Waals surface area contributed by atoms with Gasteiger partial charge in [0.05, 0.1) is 24.9 Å². The van der Waals surface area contributed by atoms with Gasteiger partial charge >= 0.3 is 5.97 Å². The highest BCUT2D eigenvalue weighted by Crippen LogP contribution is 2.24. The number of aromatic nitrogens is 2. The molecule has 0 bridgehead atoms. The van der Waals surface area contributed by atoms with E-state index in [1.54, 1.807) is 6.92 Å². The first-order chi connectivity index (χ1) is 9.95. The molecule has 1 aliphatic heterocycles. The van der Waals surface area contributed by atoms with Crippen molar-refractivity contribution in [3.8, 4) is 0 Å². The van der Waals surface area contributed by atoms with Gasteiger partial charge in [0.25, 0.3) is 0 Å². The summed E-state index contributed by atoms with van der Waals surface area (Å²) in [5.74, 6) is -0.786. The quantitative estimate of drug-likeness (QED) is 0.605. The van der Waals surface area contributed by atoms with Gasteiger partial charge in [-0.15, -0.1) is 0 Å². The van der Waals surface area contributed by atoms with E-state index in [-0.39, 0.29) is 29.3 Å². The number of hydrogen-bond donors (Lipinski definition) is 0. The van der Waals surface area contributed by atoms with Gasteiger partial charge in [-0.05, 0) is 31.4 Å². The molecule has 2 heterocycles. The Morgan fingerprint density at radius 1 is 1.48 bits per heavy atom. The summed E-state index contributed by atoms with van der Waals surface area (Å²) in [6.07, 6.45) is 3.57. The summed E-state index contributed by atoms with van der Waals surface area (Å²) in [7, 11) is -3.72. The third-order valence-corrected chi connectivity index (χ3v) is 5.25. The third kappa shape index (κ3) is 3.69. The minimum absolute atomic E-state index is 0.0167. The van der Waals surface area contributed by atoms with Crippen LogP contribution in [0.4, 0.5) is 0 Å². The number of carbonyl (C=O) groups excluding carboxylic acids is 1. The predicted octanol–water partition coefficient (Wildman–Crippen LogP) is 1.09. The number of nitrogens with zero attached hydrogens (tertiary/aromatic N) is 3. The molecule has 0 aliphatic carbocycles. The van der Waals surface area contributed by atoms with E-state index in [0.29, 0.717) is 19.4 Å². The minimum atomic E-state index is -3.72. The number of carbonyl (C=O) groups is 1. The molecule has 0 spiro atoms. The fourth-order valence-corrected chi connectivity index (χ4v) is 3.71. The highest BCUT2D eigenvalue weighted by atomic mass is 35.5. The molecule has 0 aromatic carbocycles. The van der Waals surface area contributed by atoms with Crippen LogP contribution in [0.15, 0.2) is 17.3 Å². The second kappa shape index (κ2) is 6.67. The van der Waals surface area contributed by atoms with Crippen LogP contribution in [0, 0.1) is 5.92 Å². The lowest BCUT2D eigenvalue weighted by molar-refractivity contribution is -0.149. The molecule has 0 radical (unpaired) electrons. The highest BCUT2D eigenvalue weighted by molar-refractivity contribution is 7.89. The molecule has 1 fully saturated rings. The molecular formula is C12H16ClN3O4S. The zero-order chi connectivity index (χ0) is 15.5. The van der Waals surface area contributed by atoms with Gasteiger partial charge in [-0.3, -0.25) is 4.79 Å². The van der Waals surface area contributed by atoms with Crippen LogP contribution in [0.3, 0.4) is 0 Å². The summed E-state index contributed by atoms with van der Waals surface area (Å²) in [6, 6.07) is 0. The third-order valence-electron chi connectivity index (χ3n) is 3.24. The Hall–Kier alpha value is -1.25. The van der Waals surface area contributed by atoms with Crippen molar-refractivity contribution in [3.63, 3.8) is 0 Å². The lowest BCUT2D eigenvalue weighted by atomic mass is 10.0. The van der Waals surface area contributed by atoms with Crippen LogP contribution in [-0.2, 0) is 19.6 Å². The van der Waals surface area contributed by atoms with Crippen molar-refractivity contribution in [2.75, 3.05) is 19.7 Å². The highest BCUT2D eigenvalue weighted by Gasteiger charge is 2.34. The lowest BCUT2D eigenvalue weighted by Crippen LogP contribution is -2.42. The Bertz CT molecular complexity index is 605. The number of esters is 1. The number of halogens is 1. The molecule has 0 saturated carbocycles. The Balaban J connectivity index is 2.16. The van der Waals surface area contributed by atoms with Crippen molar-refractivity contribution in [1.82, 2.24) is 14.3 Å². The van der Waals surface area contributed by atoms with Gasteiger partial charge < -0.3 is 4.74 Å². The molecule has 21 heavy (non-hydrogen) atoms. The van der Waals surface area contributed by atoms with E-state index in [1.165, 1.54) is 16.7 Å². The second-order valence-electron chi connectivity index (χ2n) is 4.64. The van der Waals surface area contributed by atoms with Crippen molar-refractivity contribution in [2.24, 2.45) is 5.92 Å². The number of rotatable bonds is 4. The fourth-order valence-electron chi connectivity index (χ4n) is 2.20. The van der Waals surface area contributed by atoms with E-state index >= 15 is 0 Å². The van der Waals surface area contributed by atoms with E-state index < -0.39 is 15.9 Å². The van der Waals surface area contributed by atoms with E-state index in [0.717, 1.165) is 0 Å². The van der Waals surface area contributed by atoms with Gasteiger partial charge in [0.2, 0.25) is 15.3 Å². The average Bonchev–Trinajstić information content (AvgIpc) is 2.48. The molecule has 1 atom stereocenters. The number of ether oxygens (including phenoxy) is 1. The molecule has 2 rings (SSSR count). The van der Waals surface area contributed by atoms with Gasteiger partial charge in [-0.25, -0.2) is 18.4 Å². The normalized spacial score (nSPS) is 20.2. The molecule has 0 amide bonds. The monoisotopic (exact) mass is 333 g/mol. The zero-order valence-electron chi connectivity index (χ0n) is 11.5. The summed E-state index contributed by atoms with van der Waals surface area (Å²) in [5, 5.41) is -0.0167. The minimum Gasteiger partial charge on any atom is -0.466 e. The van der Waals surface area contributed by atoms with E-state index in [2.05, 4.69) is 9.97 Å². The maximum Gasteiger partial charge on any atom is 0.310 e. The number of hydrogen-bond acceptors (Lipinski definition) is 6. The molecule has 1 aliphatic rings. The molecule has 1 aromatic heterocycles. The Kier molecular flexibility index (Phi) is 5.13. The van der Waals surface area contributed by atoms with Crippen LogP contribution in [0.25, 0.3) is 0 Å². The molecule has 7 nitrogen and oxygen atoms in total. The molecule has 0 N–H and O–H groups in total. The lowest BCUT2D eigenvalue weighted by Gasteiger charge is -2.30. The first-order valence-electron chi connectivity index (χ1n) is 6.59. The van der Waals surface area contributed by atoms with Gasteiger partial charge in [0.1, 0.15) is 4.90 Å². The van der Waals surface area contributed by atoms with Crippen molar-refractivity contribution in [3.05, 3.63) is 17.7 Å². The largest absolute Gasteiger partial charge is 0.466 e. The molecule has 1 saturated heterocycles. The van der Waals surface area contributed by atoms with Gasteiger partial charge in [0.15, 0.2) is 0 Å². The van der Waals surface area contributed by atoms with Crippen molar-refractivity contribution >= 4 is 27.6 Å². The van der Waals surface area contributed by atoms with Gasteiger partial charge in [-0.2, -0.15) is 4.31 Å². The van der Waals surface area contributed by atoms with Gasteiger partial charge in [-0.1, -0.05) is 0 Å². The Morgan fingerprint density at radius 3 is 2.76 bits per heavy atom. The zero-order valence-corrected chi connectivity index (χ0v) is 13.1. The fraction of sp³-hybridized carbons (Fsp3) is 0.583. The SMILES string of the molecule is CCOC(=O)C1CCCN(S(=O)(=O)c2cnc(Cl)nc2)C1. The van der Waals surface area contributed by atoms with Crippen LogP contribution >= 0.6 is 11.6 Å². The molecule has 116 valence electrons. The standard InChI is InChI=1S/C12H16ClN3O4S/c1-2-20-11(17)9-4-3-5-16(8-9)21(18,19)10-6-14-12(13)15-7-10/h6-7,9H,2-5,8H2,1H3. The van der Waals surface area contributed by atoms with E-state index in [9.17, 15) is 13.2 Å². The average molecular weight is 334 g/mol. The van der Waals surface area contributed by atoms with E-state index in [4.69, 9.17) is 16.3 Å². The van der Waals surface area contributed by atoms with Crippen LogP contribution in [0.1, 0.15) is 19.8 Å². The van der Waals surface area contributed by atoms with E-state index in [1.807, 2.05) is 0 Å². The summed E-state index contributed by atoms with van der Waals surface area (Å²) < 4.78 is 31.2. The summed E-state index contributed by atoms with van der Waals surface area (Å²) >= 11 is 5.56. The molecule has 9 heteroatoms. The maximum atomic E-state index is 12.5. The smallest absolute Gasteiger partial charge is 0.310 e. The molecule has 1 unspecified atom stereocenters. The van der Waals surface area contributed by atoms with Crippen LogP contribution in [0.5, 0.6) is 0 Å². The molecule has 1 aromatic rings. The van der Waals surface area contributed by atoms with Crippen molar-refractivity contribution in [2.45, 2.75) is 24.7 Å². The number of sulfonamides is 1. The second-order valence-corrected chi connectivity index (χ2v) is 6.92. The first-order valence-corrected chi connectivity index (χ1v) is 8.41. The summed E-state index contributed by atoms with van der Waals surface area (Å²) in [5.41, 5.74) is 0. The Morgan fingerprint density at radius 2 is 2.14 bits per heavy atom. The number of piperidine rings is 1. The molecular weight excluding hydrogens is 318 g/mol. The van der Waals surface area contributed by atoms with Gasteiger partial charge in [0, 0.05) is 13.1 Å². The Labute approximate surface area is 128 Å². The maximum absolute atomic E-state index is 12.5. The van der Waals surface area contributed by atoms with Crippen LogP contribution in [0.2, 0.25) is 5.28 Å². The van der Waals surface area contributed by atoms with Crippen LogP contribution in [-0.4, -0.2) is 48.4 Å². The van der Waals surface area contributed by atoms with Crippen LogP contribution < -0.4 is 0 Å². The van der Waals surface area contributed by atoms with Crippen molar-refractivity contribution in [1.29, 1.82) is 0 Å². The topological polar surface area (TPSA) is 89.5 Å². The summed E-state index contributed by atoms with van der Waals surface area (Å²) in [6.45, 7) is 2.48.